The van der Waals surface area contributed by atoms with Crippen molar-refractivity contribution in [3.8, 4) is 33.6 Å². The summed E-state index contributed by atoms with van der Waals surface area (Å²) < 4.78 is 64.9. The Hall–Kier alpha value is -3.49. The summed E-state index contributed by atoms with van der Waals surface area (Å²) in [6.07, 6.45) is 1.77. The van der Waals surface area contributed by atoms with Gasteiger partial charge >= 0.3 is 17.5 Å². The molecule has 0 spiro atoms. The summed E-state index contributed by atoms with van der Waals surface area (Å²) in [5.74, 6) is 0.892. The zero-order valence-electron chi connectivity index (χ0n) is 16.5. The Labute approximate surface area is 183 Å². The quantitative estimate of drug-likeness (QED) is 0.197. The van der Waals surface area contributed by atoms with E-state index in [-0.39, 0.29) is 0 Å². The van der Waals surface area contributed by atoms with Crippen LogP contribution in [0.1, 0.15) is 0 Å². The third-order valence-electron chi connectivity index (χ3n) is 4.38. The van der Waals surface area contributed by atoms with Crippen LogP contribution < -0.4 is 0 Å². The van der Waals surface area contributed by atoms with Crippen LogP contribution in [0.2, 0.25) is 0 Å². The SMILES string of the molecule is O=S(=O)([O-])C(F)(F)F.c1ccc(-c2cc[o+]c(-c3ccccc3)c2-c2ccccc2)cc1. The first-order chi connectivity index (χ1) is 15.2. The Balaban J connectivity index is 0.000000312. The maximum Gasteiger partial charge on any atom is 0.485 e. The van der Waals surface area contributed by atoms with E-state index in [1.165, 1.54) is 11.1 Å². The number of hydrogen-bond acceptors (Lipinski definition) is 3. The van der Waals surface area contributed by atoms with Crippen LogP contribution in [0.3, 0.4) is 0 Å². The topological polar surface area (TPSA) is 68.5 Å². The lowest BCUT2D eigenvalue weighted by atomic mass is 9.92. The molecule has 0 amide bonds. The molecule has 4 rings (SSSR count). The zero-order chi connectivity index (χ0) is 23.2. The van der Waals surface area contributed by atoms with E-state index in [4.69, 9.17) is 17.4 Å². The van der Waals surface area contributed by atoms with Gasteiger partial charge in [0.05, 0.1) is 11.1 Å². The molecule has 0 radical (unpaired) electrons. The van der Waals surface area contributed by atoms with Crippen LogP contribution in [0.25, 0.3) is 33.6 Å². The second kappa shape index (κ2) is 9.76. The number of alkyl halides is 3. The van der Waals surface area contributed by atoms with Crippen LogP contribution in [-0.4, -0.2) is 18.5 Å². The maximum absolute atomic E-state index is 10.7. The molecule has 4 aromatic rings. The van der Waals surface area contributed by atoms with Crippen LogP contribution >= 0.6 is 0 Å². The van der Waals surface area contributed by atoms with E-state index in [9.17, 15) is 13.2 Å². The second-order valence-electron chi connectivity index (χ2n) is 6.54. The van der Waals surface area contributed by atoms with Crippen molar-refractivity contribution in [3.05, 3.63) is 103 Å². The lowest BCUT2D eigenvalue weighted by Gasteiger charge is -2.08. The van der Waals surface area contributed by atoms with E-state index < -0.39 is 15.6 Å². The third kappa shape index (κ3) is 5.60. The maximum atomic E-state index is 10.7. The van der Waals surface area contributed by atoms with Crippen LogP contribution in [0, 0.1) is 0 Å². The van der Waals surface area contributed by atoms with Gasteiger partial charge in [0.2, 0.25) is 0 Å². The summed E-state index contributed by atoms with van der Waals surface area (Å²) in [5, 5.41) is 0. The molecule has 1 aromatic heterocycles. The fourth-order valence-electron chi connectivity index (χ4n) is 2.99. The van der Waals surface area contributed by atoms with Gasteiger partial charge in [-0.1, -0.05) is 78.9 Å². The normalized spacial score (nSPS) is 11.4. The minimum absolute atomic E-state index is 0.892. The predicted molar refractivity (Wildman–Crippen MR) is 115 cm³/mol. The van der Waals surface area contributed by atoms with Gasteiger partial charge in [-0.15, -0.1) is 0 Å². The molecule has 0 atom stereocenters. The summed E-state index contributed by atoms with van der Waals surface area (Å²) >= 11 is 0. The molecule has 8 heteroatoms. The zero-order valence-corrected chi connectivity index (χ0v) is 17.3. The minimum atomic E-state index is -6.09. The Morgan fingerprint density at radius 2 is 1.06 bits per heavy atom. The van der Waals surface area contributed by atoms with Gasteiger partial charge in [-0.2, -0.15) is 13.2 Å². The van der Waals surface area contributed by atoms with Crippen molar-refractivity contribution >= 4 is 10.1 Å². The Bertz CT molecular complexity index is 1200. The molecule has 4 nitrogen and oxygen atoms in total. The molecule has 0 saturated carbocycles. The van der Waals surface area contributed by atoms with Gasteiger partial charge in [-0.05, 0) is 23.3 Å². The molecule has 3 aromatic carbocycles. The first-order valence-electron chi connectivity index (χ1n) is 9.31. The summed E-state index contributed by atoms with van der Waals surface area (Å²) in [7, 11) is -6.09. The molecule has 0 saturated heterocycles. The average molecular weight is 458 g/mol. The van der Waals surface area contributed by atoms with Gasteiger partial charge in [-0.3, -0.25) is 0 Å². The summed E-state index contributed by atoms with van der Waals surface area (Å²) in [5.41, 5.74) is 0.0629. The monoisotopic (exact) mass is 458 g/mol. The van der Waals surface area contributed by atoms with E-state index in [0.29, 0.717) is 0 Å². The molecule has 32 heavy (non-hydrogen) atoms. The summed E-state index contributed by atoms with van der Waals surface area (Å²) in [6.45, 7) is 0. The van der Waals surface area contributed by atoms with Crippen molar-refractivity contribution in [1.29, 1.82) is 0 Å². The molecule has 0 aliphatic carbocycles. The van der Waals surface area contributed by atoms with E-state index in [1.54, 1.807) is 6.26 Å². The number of hydrogen-bond donors (Lipinski definition) is 0. The van der Waals surface area contributed by atoms with Crippen molar-refractivity contribution in [2.75, 3.05) is 0 Å². The molecule has 0 aliphatic heterocycles. The van der Waals surface area contributed by atoms with Crippen molar-refractivity contribution in [1.82, 2.24) is 0 Å². The summed E-state index contributed by atoms with van der Waals surface area (Å²) in [4.78, 5) is 0. The predicted octanol–water partition coefficient (Wildman–Crippen LogP) is 6.61. The van der Waals surface area contributed by atoms with E-state index in [2.05, 4.69) is 60.7 Å². The summed E-state index contributed by atoms with van der Waals surface area (Å²) in [6, 6.07) is 33.2. The molecule has 164 valence electrons. The second-order valence-corrected chi connectivity index (χ2v) is 7.91. The van der Waals surface area contributed by atoms with Crippen molar-refractivity contribution in [2.24, 2.45) is 0 Å². The highest BCUT2D eigenvalue weighted by molar-refractivity contribution is 7.86. The Morgan fingerprint density at radius 3 is 1.50 bits per heavy atom. The van der Waals surface area contributed by atoms with Crippen LogP contribution in [-0.2, 0) is 10.1 Å². The lowest BCUT2D eigenvalue weighted by Crippen LogP contribution is -2.21. The molecular formula is C24H17F3O4S. The van der Waals surface area contributed by atoms with E-state index in [1.807, 2.05) is 36.4 Å². The molecule has 0 bridgehead atoms. The Kier molecular flexibility index (Phi) is 7.07. The fourth-order valence-corrected chi connectivity index (χ4v) is 2.99. The molecule has 0 aliphatic rings. The van der Waals surface area contributed by atoms with E-state index in [0.717, 1.165) is 22.5 Å². The smallest absolute Gasteiger partial charge is 0.485 e. The highest BCUT2D eigenvalue weighted by Gasteiger charge is 2.36. The van der Waals surface area contributed by atoms with E-state index >= 15 is 0 Å². The van der Waals surface area contributed by atoms with Crippen LogP contribution in [0.4, 0.5) is 13.2 Å². The molecule has 0 unspecified atom stereocenters. The van der Waals surface area contributed by atoms with Gasteiger partial charge in [0, 0.05) is 11.6 Å². The largest absolute Gasteiger partial charge is 0.741 e. The van der Waals surface area contributed by atoms with Gasteiger partial charge in [0.25, 0.3) is 0 Å². The van der Waals surface area contributed by atoms with Gasteiger partial charge in [-0.25, -0.2) is 12.8 Å². The third-order valence-corrected chi connectivity index (χ3v) is 4.95. The number of halogens is 3. The Morgan fingerprint density at radius 1 is 0.656 bits per heavy atom. The first kappa shape index (κ1) is 23.2. The highest BCUT2D eigenvalue weighted by Crippen LogP contribution is 2.39. The average Bonchev–Trinajstić information content (AvgIpc) is 2.79. The highest BCUT2D eigenvalue weighted by atomic mass is 32.2. The van der Waals surface area contributed by atoms with Gasteiger partial charge in [0.1, 0.15) is 0 Å². The molecule has 0 N–H and O–H groups in total. The molecule has 1 heterocycles. The van der Waals surface area contributed by atoms with Gasteiger partial charge in [0.15, 0.2) is 10.1 Å². The number of benzene rings is 3. The van der Waals surface area contributed by atoms with Crippen molar-refractivity contribution in [3.63, 3.8) is 0 Å². The molecular weight excluding hydrogens is 441 g/mol. The standard InChI is InChI=1S/C23H17O.CHF3O3S/c1-4-10-18(11-5-1)21-16-17-24-23(20-14-8-3-9-15-20)22(21)19-12-6-2-7-13-19;2-1(3,4)8(5,6)7/h1-17H;(H,5,6,7)/q+1;/p-1. The van der Waals surface area contributed by atoms with Crippen molar-refractivity contribution < 1.29 is 30.6 Å². The molecule has 0 fully saturated rings. The number of rotatable bonds is 3. The van der Waals surface area contributed by atoms with Crippen LogP contribution in [0.15, 0.2) is 108 Å². The fraction of sp³-hybridized carbons (Fsp3) is 0.0417. The van der Waals surface area contributed by atoms with Crippen molar-refractivity contribution in [2.45, 2.75) is 5.51 Å². The van der Waals surface area contributed by atoms with Gasteiger partial charge < -0.3 is 4.55 Å². The minimum Gasteiger partial charge on any atom is -0.741 e. The van der Waals surface area contributed by atoms with Crippen LogP contribution in [0.5, 0.6) is 0 Å². The lowest BCUT2D eigenvalue weighted by molar-refractivity contribution is -0.0517. The first-order valence-corrected chi connectivity index (χ1v) is 10.7.